The predicted molar refractivity (Wildman–Crippen MR) is 139 cm³/mol. The Hall–Kier alpha value is -2.31. The zero-order valence-corrected chi connectivity index (χ0v) is 20.7. The lowest BCUT2D eigenvalue weighted by Gasteiger charge is -2.27. The van der Waals surface area contributed by atoms with Crippen molar-refractivity contribution in [2.45, 2.75) is 76.3 Å². The van der Waals surface area contributed by atoms with Gasteiger partial charge in [-0.15, -0.1) is 0 Å². The van der Waals surface area contributed by atoms with Crippen LogP contribution in [0.1, 0.15) is 74.0 Å². The van der Waals surface area contributed by atoms with Crippen LogP contribution >= 0.6 is 11.3 Å². The highest BCUT2D eigenvalue weighted by molar-refractivity contribution is 7.22. The fraction of sp³-hybridized carbons (Fsp3) is 0.536. The maximum atomic E-state index is 13.2. The first-order valence-corrected chi connectivity index (χ1v) is 13.9. The Balaban J connectivity index is 1.23. The molecule has 6 heteroatoms. The van der Waals surface area contributed by atoms with E-state index in [9.17, 15) is 4.79 Å². The number of rotatable bonds is 8. The van der Waals surface area contributed by atoms with Gasteiger partial charge in [-0.25, -0.2) is 4.98 Å². The smallest absolute Gasteiger partial charge is 0.188 e. The number of anilines is 1. The number of benzene rings is 1. The number of aromatic nitrogens is 2. The monoisotopic (exact) mass is 474 g/mol. The van der Waals surface area contributed by atoms with E-state index in [0.29, 0.717) is 18.1 Å². The number of likely N-dealkylation sites (tertiary alicyclic amines) is 1. The first kappa shape index (κ1) is 22.2. The summed E-state index contributed by atoms with van der Waals surface area (Å²) in [7, 11) is 0. The Morgan fingerprint density at radius 1 is 1.00 bits per heavy atom. The van der Waals surface area contributed by atoms with E-state index in [1.807, 2.05) is 18.2 Å². The fourth-order valence-corrected chi connectivity index (χ4v) is 7.00. The molecule has 3 aromatic rings. The molecule has 34 heavy (non-hydrogen) atoms. The highest BCUT2D eigenvalue weighted by Gasteiger charge is 2.34. The molecule has 1 atom stereocenters. The van der Waals surface area contributed by atoms with E-state index in [0.717, 1.165) is 43.1 Å². The molecule has 2 aliphatic heterocycles. The SMILES string of the molecule is O=C(CCc1ccccc1)[C@H]1CCCN1c1nc2ncc(CN3CCCCC3)c(C3CC3)c2s1. The van der Waals surface area contributed by atoms with Crippen LogP contribution in [-0.2, 0) is 17.8 Å². The number of piperidine rings is 1. The summed E-state index contributed by atoms with van der Waals surface area (Å²) in [5, 5.41) is 0.995. The summed E-state index contributed by atoms with van der Waals surface area (Å²) in [5.41, 5.74) is 5.03. The normalized spacial score (nSPS) is 21.4. The van der Waals surface area contributed by atoms with Gasteiger partial charge in [-0.2, -0.15) is 4.98 Å². The molecule has 1 saturated carbocycles. The second-order valence-corrected chi connectivity index (χ2v) is 11.2. The number of fused-ring (bicyclic) bond motifs is 1. The Kier molecular flexibility index (Phi) is 6.35. The molecule has 0 N–H and O–H groups in total. The van der Waals surface area contributed by atoms with E-state index in [4.69, 9.17) is 9.97 Å². The van der Waals surface area contributed by atoms with Gasteiger partial charge in [-0.3, -0.25) is 9.69 Å². The molecule has 1 aliphatic carbocycles. The molecule has 3 aliphatic rings. The summed E-state index contributed by atoms with van der Waals surface area (Å²) in [6.07, 6.45) is 12.1. The number of aryl methyl sites for hydroxylation is 1. The number of hydrogen-bond donors (Lipinski definition) is 0. The zero-order chi connectivity index (χ0) is 22.9. The summed E-state index contributed by atoms with van der Waals surface area (Å²) < 4.78 is 1.27. The number of hydrogen-bond acceptors (Lipinski definition) is 6. The van der Waals surface area contributed by atoms with Crippen LogP contribution in [0.5, 0.6) is 0 Å². The number of thiazole rings is 1. The molecule has 1 aromatic carbocycles. The maximum Gasteiger partial charge on any atom is 0.188 e. The van der Waals surface area contributed by atoms with Crippen molar-refractivity contribution in [1.82, 2.24) is 14.9 Å². The molecule has 0 amide bonds. The number of nitrogens with zero attached hydrogens (tertiary/aromatic N) is 4. The lowest BCUT2D eigenvalue weighted by atomic mass is 10.0. The molecule has 2 saturated heterocycles. The molecule has 2 aromatic heterocycles. The van der Waals surface area contributed by atoms with Gasteiger partial charge in [0.1, 0.15) is 0 Å². The van der Waals surface area contributed by atoms with Gasteiger partial charge in [0, 0.05) is 25.7 Å². The minimum Gasteiger partial charge on any atom is -0.338 e. The summed E-state index contributed by atoms with van der Waals surface area (Å²) in [5.74, 6) is 1.02. The van der Waals surface area contributed by atoms with Crippen molar-refractivity contribution in [2.24, 2.45) is 0 Å². The Morgan fingerprint density at radius 3 is 2.62 bits per heavy atom. The maximum absolute atomic E-state index is 13.2. The summed E-state index contributed by atoms with van der Waals surface area (Å²) in [6.45, 7) is 4.35. The van der Waals surface area contributed by atoms with Crippen LogP contribution < -0.4 is 4.90 Å². The molecular formula is C28H34N4OS. The van der Waals surface area contributed by atoms with Crippen molar-refractivity contribution in [3.8, 4) is 0 Å². The molecule has 178 valence electrons. The van der Waals surface area contributed by atoms with Gasteiger partial charge >= 0.3 is 0 Å². The van der Waals surface area contributed by atoms with Crippen molar-refractivity contribution in [1.29, 1.82) is 0 Å². The number of Topliss-reactive ketones (excluding diaryl/α,β-unsaturated/α-hetero) is 1. The average molecular weight is 475 g/mol. The lowest BCUT2D eigenvalue weighted by molar-refractivity contribution is -0.120. The number of ketones is 1. The highest BCUT2D eigenvalue weighted by atomic mass is 32.1. The van der Waals surface area contributed by atoms with Gasteiger partial charge in [0.05, 0.1) is 10.7 Å². The third-order valence-corrected chi connectivity index (χ3v) is 8.85. The van der Waals surface area contributed by atoms with E-state index in [2.05, 4.69) is 28.1 Å². The van der Waals surface area contributed by atoms with Crippen LogP contribution in [0.2, 0.25) is 0 Å². The van der Waals surface area contributed by atoms with Crippen molar-refractivity contribution >= 4 is 32.6 Å². The largest absolute Gasteiger partial charge is 0.338 e. The molecule has 0 spiro atoms. The predicted octanol–water partition coefficient (Wildman–Crippen LogP) is 5.73. The van der Waals surface area contributed by atoms with Crippen molar-refractivity contribution in [3.63, 3.8) is 0 Å². The quantitative estimate of drug-likeness (QED) is 0.418. The third-order valence-electron chi connectivity index (χ3n) is 7.73. The van der Waals surface area contributed by atoms with Crippen LogP contribution in [0.25, 0.3) is 10.3 Å². The fourth-order valence-electron chi connectivity index (χ4n) is 5.75. The average Bonchev–Trinajstić information content (AvgIpc) is 3.42. The minimum absolute atomic E-state index is 0.0403. The lowest BCUT2D eigenvalue weighted by Crippen LogP contribution is -2.36. The number of carbonyl (C=O) groups excluding carboxylic acids is 1. The summed E-state index contributed by atoms with van der Waals surface area (Å²) in [6, 6.07) is 10.3. The zero-order valence-electron chi connectivity index (χ0n) is 19.9. The van der Waals surface area contributed by atoms with Crippen LogP contribution in [0, 0.1) is 0 Å². The van der Waals surface area contributed by atoms with Crippen LogP contribution in [-0.4, -0.2) is 46.3 Å². The van der Waals surface area contributed by atoms with E-state index in [1.165, 1.54) is 66.6 Å². The second kappa shape index (κ2) is 9.74. The Bertz CT molecular complexity index is 1150. The standard InChI is InChI=1S/C28H34N4OS/c33-24(14-11-20-8-3-1-4-9-20)23-10-7-17-32(23)28-30-27-26(34-28)25(21-12-13-21)22(18-29-27)19-31-15-5-2-6-16-31/h1,3-4,8-9,18,21,23H,2,5-7,10-17,19H2/t23-/m1/s1. The molecule has 3 fully saturated rings. The molecule has 0 radical (unpaired) electrons. The van der Waals surface area contributed by atoms with Crippen LogP contribution in [0.3, 0.4) is 0 Å². The molecule has 0 bridgehead atoms. The molecule has 0 unspecified atom stereocenters. The van der Waals surface area contributed by atoms with Crippen molar-refractivity contribution in [3.05, 3.63) is 53.2 Å². The Labute approximate surface area is 206 Å². The molecule has 5 nitrogen and oxygen atoms in total. The van der Waals surface area contributed by atoms with Gasteiger partial charge in [0.25, 0.3) is 0 Å². The van der Waals surface area contributed by atoms with Gasteiger partial charge < -0.3 is 4.90 Å². The Morgan fingerprint density at radius 2 is 1.82 bits per heavy atom. The third kappa shape index (κ3) is 4.63. The van der Waals surface area contributed by atoms with Gasteiger partial charge in [-0.05, 0) is 80.6 Å². The van der Waals surface area contributed by atoms with E-state index >= 15 is 0 Å². The second-order valence-electron chi connectivity index (χ2n) is 10.3. The number of carbonyl (C=O) groups is 1. The van der Waals surface area contributed by atoms with Gasteiger partial charge in [0.2, 0.25) is 0 Å². The van der Waals surface area contributed by atoms with Crippen LogP contribution in [0.15, 0.2) is 36.5 Å². The van der Waals surface area contributed by atoms with Crippen molar-refractivity contribution in [2.75, 3.05) is 24.5 Å². The number of pyridine rings is 1. The first-order chi connectivity index (χ1) is 16.8. The molecule has 4 heterocycles. The summed E-state index contributed by atoms with van der Waals surface area (Å²) in [4.78, 5) is 27.9. The van der Waals surface area contributed by atoms with E-state index < -0.39 is 0 Å². The van der Waals surface area contributed by atoms with E-state index in [1.54, 1.807) is 11.3 Å². The van der Waals surface area contributed by atoms with Gasteiger partial charge in [0.15, 0.2) is 16.6 Å². The van der Waals surface area contributed by atoms with Gasteiger partial charge in [-0.1, -0.05) is 48.1 Å². The van der Waals surface area contributed by atoms with Crippen molar-refractivity contribution < 1.29 is 4.79 Å². The highest BCUT2D eigenvalue weighted by Crippen LogP contribution is 2.47. The molecular weight excluding hydrogens is 440 g/mol. The first-order valence-electron chi connectivity index (χ1n) is 13.1. The topological polar surface area (TPSA) is 49.3 Å². The van der Waals surface area contributed by atoms with E-state index in [-0.39, 0.29) is 6.04 Å². The van der Waals surface area contributed by atoms with Crippen LogP contribution in [0.4, 0.5) is 5.13 Å². The summed E-state index contributed by atoms with van der Waals surface area (Å²) >= 11 is 1.78. The molecule has 6 rings (SSSR count). The minimum atomic E-state index is -0.0403.